The average molecular weight is 416 g/mol. The number of esters is 1. The molecule has 0 radical (unpaired) electrons. The number of hydrogen-bond donors (Lipinski definition) is 1. The molecule has 9 heteroatoms. The van der Waals surface area contributed by atoms with Crippen LogP contribution in [0, 0.1) is 0 Å². The first-order chi connectivity index (χ1) is 12.1. The van der Waals surface area contributed by atoms with E-state index < -0.39 is 27.8 Å². The molecule has 1 amide bonds. The summed E-state index contributed by atoms with van der Waals surface area (Å²) in [6.45, 7) is 1.40. The molecule has 0 heterocycles. The van der Waals surface area contributed by atoms with E-state index in [0.717, 1.165) is 12.3 Å². The summed E-state index contributed by atoms with van der Waals surface area (Å²) in [7, 11) is -3.61. The topological polar surface area (TPSA) is 89.5 Å². The minimum absolute atomic E-state index is 0.00224. The molecule has 0 saturated carbocycles. The summed E-state index contributed by atoms with van der Waals surface area (Å²) in [5, 5.41) is 3.10. The third-order valence-electron chi connectivity index (χ3n) is 3.33. The number of hydrogen-bond acceptors (Lipinski definition) is 5. The molecule has 1 unspecified atom stereocenters. The van der Waals surface area contributed by atoms with Crippen molar-refractivity contribution in [3.63, 3.8) is 0 Å². The summed E-state index contributed by atoms with van der Waals surface area (Å²) in [5.41, 5.74) is 0.467. The van der Waals surface area contributed by atoms with Gasteiger partial charge in [-0.15, -0.1) is 0 Å². The molecule has 1 N–H and O–H groups in total. The maximum atomic E-state index is 12.2. The van der Waals surface area contributed by atoms with Crippen molar-refractivity contribution in [1.29, 1.82) is 0 Å². The van der Waals surface area contributed by atoms with Gasteiger partial charge in [0.2, 0.25) is 0 Å². The molecule has 0 bridgehead atoms. The molecule has 2 aromatic rings. The number of rotatable bonds is 5. The van der Waals surface area contributed by atoms with Gasteiger partial charge in [-0.25, -0.2) is 13.2 Å². The maximum Gasteiger partial charge on any atom is 0.338 e. The number of anilines is 1. The van der Waals surface area contributed by atoms with E-state index in [0.29, 0.717) is 10.7 Å². The second-order valence-electron chi connectivity index (χ2n) is 5.46. The van der Waals surface area contributed by atoms with Crippen molar-refractivity contribution < 1.29 is 22.7 Å². The summed E-state index contributed by atoms with van der Waals surface area (Å²) in [6, 6.07) is 10.1. The Kier molecular flexibility index (Phi) is 6.28. The van der Waals surface area contributed by atoms with Gasteiger partial charge in [0.05, 0.1) is 15.5 Å². The highest BCUT2D eigenvalue weighted by Gasteiger charge is 2.21. The third kappa shape index (κ3) is 5.20. The summed E-state index contributed by atoms with van der Waals surface area (Å²) >= 11 is 11.6. The van der Waals surface area contributed by atoms with Gasteiger partial charge in [0, 0.05) is 17.0 Å². The van der Waals surface area contributed by atoms with Crippen LogP contribution in [-0.4, -0.2) is 32.7 Å². The Labute approximate surface area is 161 Å². The molecular formula is C17H15Cl2NO5S. The van der Waals surface area contributed by atoms with Crippen LogP contribution >= 0.6 is 23.2 Å². The van der Waals surface area contributed by atoms with Crippen molar-refractivity contribution in [3.05, 3.63) is 58.1 Å². The van der Waals surface area contributed by atoms with Crippen molar-refractivity contribution >= 4 is 50.6 Å². The standard InChI is InChI=1S/C17H15Cl2NO5S/c1-10(16(21)20-13-6-4-12(18)5-7-13)25-17(22)11-3-8-14(19)15(9-11)26(2,23)24/h3-10H,1-2H3,(H,20,21). The van der Waals surface area contributed by atoms with Gasteiger partial charge in [-0.3, -0.25) is 4.79 Å². The summed E-state index contributed by atoms with van der Waals surface area (Å²) in [5.74, 6) is -1.39. The molecule has 0 aromatic heterocycles. The van der Waals surface area contributed by atoms with Gasteiger partial charge in [-0.2, -0.15) is 0 Å². The molecule has 2 aromatic carbocycles. The summed E-state index contributed by atoms with van der Waals surface area (Å²) in [6.07, 6.45) is -0.124. The van der Waals surface area contributed by atoms with Crippen molar-refractivity contribution in [2.45, 2.75) is 17.9 Å². The predicted octanol–water partition coefficient (Wildman–Crippen LogP) is 3.58. The van der Waals surface area contributed by atoms with Crippen molar-refractivity contribution in [1.82, 2.24) is 0 Å². The number of sulfone groups is 1. The van der Waals surface area contributed by atoms with Gasteiger partial charge in [-0.1, -0.05) is 23.2 Å². The molecule has 26 heavy (non-hydrogen) atoms. The largest absolute Gasteiger partial charge is 0.449 e. The van der Waals surface area contributed by atoms with Crippen LogP contribution in [0.2, 0.25) is 10.0 Å². The van der Waals surface area contributed by atoms with E-state index in [1.807, 2.05) is 0 Å². The minimum Gasteiger partial charge on any atom is -0.449 e. The van der Waals surface area contributed by atoms with E-state index in [1.54, 1.807) is 24.3 Å². The molecule has 1 atom stereocenters. The lowest BCUT2D eigenvalue weighted by Gasteiger charge is -2.14. The van der Waals surface area contributed by atoms with E-state index in [-0.39, 0.29) is 15.5 Å². The van der Waals surface area contributed by atoms with Crippen molar-refractivity contribution in [2.24, 2.45) is 0 Å². The first kappa shape index (κ1) is 20.2. The molecule has 0 saturated heterocycles. The van der Waals surface area contributed by atoms with Gasteiger partial charge in [0.1, 0.15) is 0 Å². The lowest BCUT2D eigenvalue weighted by molar-refractivity contribution is -0.123. The zero-order chi connectivity index (χ0) is 19.5. The van der Waals surface area contributed by atoms with E-state index in [4.69, 9.17) is 27.9 Å². The Morgan fingerprint density at radius 1 is 1.08 bits per heavy atom. The number of amides is 1. The van der Waals surface area contributed by atoms with E-state index in [1.165, 1.54) is 19.1 Å². The third-order valence-corrected chi connectivity index (χ3v) is 5.16. The van der Waals surface area contributed by atoms with Crippen LogP contribution in [0.15, 0.2) is 47.4 Å². The fourth-order valence-corrected chi connectivity index (χ4v) is 3.40. The van der Waals surface area contributed by atoms with Crippen LogP contribution < -0.4 is 5.32 Å². The van der Waals surface area contributed by atoms with Gasteiger partial charge >= 0.3 is 5.97 Å². The number of benzene rings is 2. The SMILES string of the molecule is CC(OC(=O)c1ccc(Cl)c(S(C)(=O)=O)c1)C(=O)Nc1ccc(Cl)cc1. The fourth-order valence-electron chi connectivity index (χ4n) is 1.97. The highest BCUT2D eigenvalue weighted by Crippen LogP contribution is 2.23. The molecule has 0 aliphatic rings. The molecule has 0 spiro atoms. The van der Waals surface area contributed by atoms with Crippen molar-refractivity contribution in [3.8, 4) is 0 Å². The molecule has 6 nitrogen and oxygen atoms in total. The second kappa shape index (κ2) is 8.07. The van der Waals surface area contributed by atoms with Crippen LogP contribution in [0.5, 0.6) is 0 Å². The number of halogens is 2. The summed E-state index contributed by atoms with van der Waals surface area (Å²) in [4.78, 5) is 24.1. The monoisotopic (exact) mass is 415 g/mol. The lowest BCUT2D eigenvalue weighted by Crippen LogP contribution is -2.30. The van der Waals surface area contributed by atoms with Crippen LogP contribution in [0.3, 0.4) is 0 Å². The average Bonchev–Trinajstić information content (AvgIpc) is 2.56. The van der Waals surface area contributed by atoms with Crippen LogP contribution in [0.1, 0.15) is 17.3 Å². The number of carbonyl (C=O) groups is 2. The predicted molar refractivity (Wildman–Crippen MR) is 99.5 cm³/mol. The second-order valence-corrected chi connectivity index (χ2v) is 8.29. The normalized spacial score (nSPS) is 12.3. The summed E-state index contributed by atoms with van der Waals surface area (Å²) < 4.78 is 28.4. The highest BCUT2D eigenvalue weighted by atomic mass is 35.5. The zero-order valence-electron chi connectivity index (χ0n) is 13.8. The van der Waals surface area contributed by atoms with Gasteiger partial charge < -0.3 is 10.1 Å². The van der Waals surface area contributed by atoms with E-state index in [2.05, 4.69) is 5.32 Å². The van der Waals surface area contributed by atoms with E-state index in [9.17, 15) is 18.0 Å². The van der Waals surface area contributed by atoms with Crippen LogP contribution in [0.25, 0.3) is 0 Å². The first-order valence-corrected chi connectivity index (χ1v) is 9.99. The number of carbonyl (C=O) groups excluding carboxylic acids is 2. The Bertz CT molecular complexity index is 942. The van der Waals surface area contributed by atoms with E-state index >= 15 is 0 Å². The number of nitrogens with one attached hydrogen (secondary N) is 1. The zero-order valence-corrected chi connectivity index (χ0v) is 16.2. The van der Waals surface area contributed by atoms with Crippen LogP contribution in [-0.2, 0) is 19.4 Å². The van der Waals surface area contributed by atoms with Crippen LogP contribution in [0.4, 0.5) is 5.69 Å². The smallest absolute Gasteiger partial charge is 0.338 e. The Morgan fingerprint density at radius 2 is 1.69 bits per heavy atom. The number of ether oxygens (including phenoxy) is 1. The molecule has 0 fully saturated rings. The Balaban J connectivity index is 2.09. The van der Waals surface area contributed by atoms with Gasteiger partial charge in [0.15, 0.2) is 15.9 Å². The molecule has 0 aliphatic heterocycles. The Morgan fingerprint density at radius 3 is 2.27 bits per heavy atom. The Hall–Kier alpha value is -2.09. The highest BCUT2D eigenvalue weighted by molar-refractivity contribution is 7.90. The molecular weight excluding hydrogens is 401 g/mol. The van der Waals surface area contributed by atoms with Crippen molar-refractivity contribution in [2.75, 3.05) is 11.6 Å². The minimum atomic E-state index is -3.61. The quantitative estimate of drug-likeness (QED) is 0.753. The molecule has 0 aliphatic carbocycles. The van der Waals surface area contributed by atoms with Gasteiger partial charge in [-0.05, 0) is 49.4 Å². The molecule has 2 rings (SSSR count). The maximum absolute atomic E-state index is 12.2. The molecule has 138 valence electrons. The fraction of sp³-hybridized carbons (Fsp3) is 0.176. The lowest BCUT2D eigenvalue weighted by atomic mass is 10.2. The van der Waals surface area contributed by atoms with Gasteiger partial charge in [0.25, 0.3) is 5.91 Å². The first-order valence-electron chi connectivity index (χ1n) is 7.35.